The Morgan fingerprint density at radius 3 is 2.62 bits per heavy atom. The van der Waals surface area contributed by atoms with Crippen molar-refractivity contribution in [3.05, 3.63) is 41.1 Å². The summed E-state index contributed by atoms with van der Waals surface area (Å²) in [4.78, 5) is 27.5. The highest BCUT2D eigenvalue weighted by atomic mass is 16.5. The van der Waals surface area contributed by atoms with Gasteiger partial charge in [0.25, 0.3) is 0 Å². The quantitative estimate of drug-likeness (QED) is 0.552. The zero-order chi connectivity index (χ0) is 24.7. The summed E-state index contributed by atoms with van der Waals surface area (Å²) in [5.41, 5.74) is 3.00. The zero-order valence-electron chi connectivity index (χ0n) is 20.6. The number of piperidine rings is 1. The van der Waals surface area contributed by atoms with E-state index in [-0.39, 0.29) is 24.3 Å². The van der Waals surface area contributed by atoms with Gasteiger partial charge in [-0.3, -0.25) is 19.1 Å². The fraction of sp³-hybridized carbons (Fsp3) is 0.500. The molecule has 1 aliphatic rings. The highest BCUT2D eigenvalue weighted by molar-refractivity contribution is 5.93. The van der Waals surface area contributed by atoms with E-state index in [2.05, 4.69) is 23.6 Å². The minimum absolute atomic E-state index is 0.0740. The summed E-state index contributed by atoms with van der Waals surface area (Å²) in [6.07, 6.45) is 3.73. The monoisotopic (exact) mass is 465 g/mol. The van der Waals surface area contributed by atoms with Gasteiger partial charge in [0.2, 0.25) is 11.8 Å². The molecule has 2 N–H and O–H groups in total. The van der Waals surface area contributed by atoms with Crippen LogP contribution in [0.5, 0.6) is 5.75 Å². The zero-order valence-corrected chi connectivity index (χ0v) is 20.6. The van der Waals surface area contributed by atoms with Crippen molar-refractivity contribution in [1.29, 1.82) is 5.26 Å². The molecule has 1 aliphatic heterocycles. The third kappa shape index (κ3) is 5.78. The van der Waals surface area contributed by atoms with Crippen LogP contribution in [-0.4, -0.2) is 54.6 Å². The van der Waals surface area contributed by atoms with Gasteiger partial charge in [-0.1, -0.05) is 13.3 Å². The van der Waals surface area contributed by atoms with Crippen molar-refractivity contribution in [2.24, 2.45) is 5.92 Å². The molecule has 1 unspecified atom stereocenters. The SMILES string of the molecule is CCCCNC(=O)C1CCCN(CC(=O)Nc2c(C#N)c(C)c(C)n2-c2ccc(OC)cc2)C1. The van der Waals surface area contributed by atoms with Crippen LogP contribution >= 0.6 is 0 Å². The molecule has 2 amide bonds. The van der Waals surface area contributed by atoms with Crippen LogP contribution in [0.4, 0.5) is 5.82 Å². The van der Waals surface area contributed by atoms with Gasteiger partial charge in [-0.15, -0.1) is 0 Å². The summed E-state index contributed by atoms with van der Waals surface area (Å²) in [7, 11) is 1.61. The molecule has 0 bridgehead atoms. The number of likely N-dealkylation sites (tertiary alicyclic amines) is 1. The largest absolute Gasteiger partial charge is 0.497 e. The highest BCUT2D eigenvalue weighted by Crippen LogP contribution is 2.30. The molecule has 1 aromatic carbocycles. The molecule has 0 spiro atoms. The van der Waals surface area contributed by atoms with Gasteiger partial charge in [-0.05, 0) is 69.5 Å². The first-order valence-corrected chi connectivity index (χ1v) is 12.0. The molecule has 1 saturated heterocycles. The molecular formula is C26H35N5O3. The maximum Gasteiger partial charge on any atom is 0.239 e. The van der Waals surface area contributed by atoms with Crippen LogP contribution in [0.1, 0.15) is 49.4 Å². The molecule has 0 radical (unpaired) electrons. The normalized spacial score (nSPS) is 16.0. The summed E-state index contributed by atoms with van der Waals surface area (Å²) < 4.78 is 7.15. The third-order valence-corrected chi connectivity index (χ3v) is 6.49. The van der Waals surface area contributed by atoms with Crippen LogP contribution in [0, 0.1) is 31.1 Å². The van der Waals surface area contributed by atoms with E-state index in [9.17, 15) is 14.9 Å². The number of nitrogens with zero attached hydrogens (tertiary/aromatic N) is 3. The fourth-order valence-electron chi connectivity index (χ4n) is 4.44. The van der Waals surface area contributed by atoms with Gasteiger partial charge >= 0.3 is 0 Å². The lowest BCUT2D eigenvalue weighted by Gasteiger charge is -2.31. The molecule has 0 saturated carbocycles. The number of methoxy groups -OCH3 is 1. The molecule has 2 aromatic rings. The van der Waals surface area contributed by atoms with Crippen LogP contribution in [0.2, 0.25) is 0 Å². The summed E-state index contributed by atoms with van der Waals surface area (Å²) in [6, 6.07) is 9.74. The Balaban J connectivity index is 1.73. The van der Waals surface area contributed by atoms with E-state index in [1.165, 1.54) is 0 Å². The topological polar surface area (TPSA) is 99.4 Å². The van der Waals surface area contributed by atoms with E-state index in [1.54, 1.807) is 7.11 Å². The first-order valence-electron chi connectivity index (χ1n) is 12.0. The van der Waals surface area contributed by atoms with Crippen molar-refractivity contribution in [2.75, 3.05) is 38.6 Å². The van der Waals surface area contributed by atoms with Gasteiger partial charge in [0.15, 0.2) is 0 Å². The van der Waals surface area contributed by atoms with Crippen LogP contribution in [0.3, 0.4) is 0 Å². The van der Waals surface area contributed by atoms with Crippen molar-refractivity contribution in [1.82, 2.24) is 14.8 Å². The van der Waals surface area contributed by atoms with E-state index in [0.29, 0.717) is 24.5 Å². The number of amides is 2. The molecule has 182 valence electrons. The van der Waals surface area contributed by atoms with Gasteiger partial charge in [0.1, 0.15) is 17.6 Å². The molecule has 2 heterocycles. The Labute approximate surface area is 201 Å². The minimum Gasteiger partial charge on any atom is -0.497 e. The predicted octanol–water partition coefficient (Wildman–Crippen LogP) is 3.54. The van der Waals surface area contributed by atoms with E-state index in [0.717, 1.165) is 54.9 Å². The first-order chi connectivity index (χ1) is 16.4. The van der Waals surface area contributed by atoms with E-state index in [1.807, 2.05) is 47.6 Å². The molecule has 8 heteroatoms. The lowest BCUT2D eigenvalue weighted by Crippen LogP contribution is -2.45. The fourth-order valence-corrected chi connectivity index (χ4v) is 4.44. The Kier molecular flexibility index (Phi) is 8.72. The van der Waals surface area contributed by atoms with Crippen LogP contribution in [-0.2, 0) is 9.59 Å². The van der Waals surface area contributed by atoms with Gasteiger partial charge in [0, 0.05) is 24.5 Å². The first kappa shape index (κ1) is 25.3. The molecule has 1 aromatic heterocycles. The highest BCUT2D eigenvalue weighted by Gasteiger charge is 2.27. The molecule has 8 nitrogen and oxygen atoms in total. The second-order valence-electron chi connectivity index (χ2n) is 8.85. The minimum atomic E-state index is -0.198. The maximum atomic E-state index is 13.0. The van der Waals surface area contributed by atoms with Gasteiger partial charge in [-0.25, -0.2) is 0 Å². The lowest BCUT2D eigenvalue weighted by atomic mass is 9.97. The number of aromatic nitrogens is 1. The maximum absolute atomic E-state index is 13.0. The standard InChI is InChI=1S/C26H35N5O3/c1-5-6-13-28-26(33)20-8-7-14-30(16-20)17-24(32)29-25-23(15-27)18(2)19(3)31(25)21-9-11-22(34-4)12-10-21/h9-12,20H,5-8,13-14,16-17H2,1-4H3,(H,28,33)(H,29,32). The van der Waals surface area contributed by atoms with Crippen molar-refractivity contribution in [2.45, 2.75) is 46.5 Å². The number of carbonyl (C=O) groups is 2. The van der Waals surface area contributed by atoms with Crippen molar-refractivity contribution < 1.29 is 14.3 Å². The van der Waals surface area contributed by atoms with Gasteiger partial charge in [-0.2, -0.15) is 5.26 Å². The lowest BCUT2D eigenvalue weighted by molar-refractivity contribution is -0.128. The smallest absolute Gasteiger partial charge is 0.239 e. The number of ether oxygens (including phenoxy) is 1. The summed E-state index contributed by atoms with van der Waals surface area (Å²) in [5.74, 6) is 0.981. The predicted molar refractivity (Wildman–Crippen MR) is 132 cm³/mol. The Morgan fingerprint density at radius 1 is 1.24 bits per heavy atom. The van der Waals surface area contributed by atoms with Crippen LogP contribution in [0.15, 0.2) is 24.3 Å². The Bertz CT molecular complexity index is 1050. The number of hydrogen-bond donors (Lipinski definition) is 2. The average Bonchev–Trinajstić information content (AvgIpc) is 3.07. The van der Waals surface area contributed by atoms with E-state index in [4.69, 9.17) is 4.74 Å². The number of hydrogen-bond acceptors (Lipinski definition) is 5. The molecule has 34 heavy (non-hydrogen) atoms. The Hall–Kier alpha value is -3.31. The molecular weight excluding hydrogens is 430 g/mol. The second kappa shape index (κ2) is 11.7. The van der Waals surface area contributed by atoms with Crippen molar-refractivity contribution in [3.8, 4) is 17.5 Å². The molecule has 1 atom stereocenters. The van der Waals surface area contributed by atoms with Crippen molar-refractivity contribution >= 4 is 17.6 Å². The van der Waals surface area contributed by atoms with Gasteiger partial charge in [0.05, 0.1) is 25.1 Å². The number of rotatable bonds is 9. The molecule has 0 aliphatic carbocycles. The number of nitriles is 1. The molecule has 3 rings (SSSR count). The van der Waals surface area contributed by atoms with Gasteiger partial charge < -0.3 is 15.4 Å². The summed E-state index contributed by atoms with van der Waals surface area (Å²) in [5, 5.41) is 15.8. The number of unbranched alkanes of at least 4 members (excludes halogenated alkanes) is 1. The van der Waals surface area contributed by atoms with Crippen LogP contribution < -0.4 is 15.4 Å². The number of anilines is 1. The number of carbonyl (C=O) groups excluding carboxylic acids is 2. The average molecular weight is 466 g/mol. The van der Waals surface area contributed by atoms with E-state index >= 15 is 0 Å². The molecule has 1 fully saturated rings. The van der Waals surface area contributed by atoms with Crippen molar-refractivity contribution in [3.63, 3.8) is 0 Å². The summed E-state index contributed by atoms with van der Waals surface area (Å²) in [6.45, 7) is 8.12. The van der Waals surface area contributed by atoms with Crippen LogP contribution in [0.25, 0.3) is 5.69 Å². The van der Waals surface area contributed by atoms with E-state index < -0.39 is 0 Å². The summed E-state index contributed by atoms with van der Waals surface area (Å²) >= 11 is 0. The second-order valence-corrected chi connectivity index (χ2v) is 8.85. The number of benzene rings is 1. The third-order valence-electron chi connectivity index (χ3n) is 6.49. The Morgan fingerprint density at radius 2 is 1.97 bits per heavy atom. The number of nitrogens with one attached hydrogen (secondary N) is 2.